The number of carbonyl (C=O) groups excluding carboxylic acids is 1. The highest BCUT2D eigenvalue weighted by atomic mass is 16.5. The fourth-order valence-electron chi connectivity index (χ4n) is 3.52. The van der Waals surface area contributed by atoms with E-state index in [9.17, 15) is 9.90 Å². The molecule has 9 nitrogen and oxygen atoms in total. The smallest absolute Gasteiger partial charge is 0.310 e. The van der Waals surface area contributed by atoms with Crippen molar-refractivity contribution in [2.45, 2.75) is 19.2 Å². The van der Waals surface area contributed by atoms with Crippen LogP contribution in [0.15, 0.2) is 42.9 Å². The van der Waals surface area contributed by atoms with Crippen molar-refractivity contribution in [3.8, 4) is 22.9 Å². The van der Waals surface area contributed by atoms with Crippen LogP contribution in [-0.4, -0.2) is 47.4 Å². The number of aliphatic hydroxyl groups excluding tert-OH is 1. The molecule has 0 fully saturated rings. The van der Waals surface area contributed by atoms with Gasteiger partial charge in [-0.2, -0.15) is 0 Å². The highest BCUT2D eigenvalue weighted by molar-refractivity contribution is 5.73. The van der Waals surface area contributed by atoms with E-state index >= 15 is 0 Å². The second-order valence-electron chi connectivity index (χ2n) is 6.97. The fourth-order valence-corrected chi connectivity index (χ4v) is 3.52. The maximum Gasteiger partial charge on any atom is 0.310 e. The molecule has 1 atom stereocenters. The van der Waals surface area contributed by atoms with Gasteiger partial charge in [0.05, 0.1) is 57.6 Å². The van der Waals surface area contributed by atoms with Crippen LogP contribution in [0.1, 0.15) is 23.0 Å². The zero-order valence-corrected chi connectivity index (χ0v) is 17.4. The molecule has 1 unspecified atom stereocenters. The Morgan fingerprint density at radius 3 is 2.74 bits per heavy atom. The standard InChI is InChI=1S/C22H22N4O5/c1-29-19-8-14(10-24-21(19)31-3)17-5-4-16-18(25-17)12-26(22(16)28)15-6-13(9-23-11-15)7-20(27)30-2/h4-6,8-11,22,28H,7,12H2,1-3H3. The summed E-state index contributed by atoms with van der Waals surface area (Å²) in [4.78, 5) is 26.5. The van der Waals surface area contributed by atoms with Crippen LogP contribution in [0.2, 0.25) is 0 Å². The van der Waals surface area contributed by atoms with Crippen molar-refractivity contribution in [1.82, 2.24) is 15.0 Å². The molecule has 1 aliphatic heterocycles. The van der Waals surface area contributed by atoms with Gasteiger partial charge in [-0.05, 0) is 23.8 Å². The molecule has 0 aromatic carbocycles. The highest BCUT2D eigenvalue weighted by Crippen LogP contribution is 2.37. The van der Waals surface area contributed by atoms with Crippen LogP contribution in [0.4, 0.5) is 5.69 Å². The number of esters is 1. The van der Waals surface area contributed by atoms with Crippen LogP contribution in [0.3, 0.4) is 0 Å². The molecule has 9 heteroatoms. The highest BCUT2D eigenvalue weighted by Gasteiger charge is 2.30. The first-order valence-corrected chi connectivity index (χ1v) is 9.57. The first-order valence-electron chi connectivity index (χ1n) is 9.57. The summed E-state index contributed by atoms with van der Waals surface area (Å²) in [6.07, 6.45) is 4.17. The van der Waals surface area contributed by atoms with E-state index in [2.05, 4.69) is 9.97 Å². The molecule has 0 radical (unpaired) electrons. The maximum atomic E-state index is 11.6. The Hall–Kier alpha value is -3.72. The summed E-state index contributed by atoms with van der Waals surface area (Å²) < 4.78 is 15.2. The second kappa shape index (κ2) is 8.57. The van der Waals surface area contributed by atoms with Crippen molar-refractivity contribution < 1.29 is 24.1 Å². The molecular weight excluding hydrogens is 400 g/mol. The van der Waals surface area contributed by atoms with E-state index in [-0.39, 0.29) is 12.4 Å². The molecule has 31 heavy (non-hydrogen) atoms. The Labute approximate surface area is 179 Å². The lowest BCUT2D eigenvalue weighted by molar-refractivity contribution is -0.139. The third kappa shape index (κ3) is 3.99. The van der Waals surface area contributed by atoms with E-state index in [1.807, 2.05) is 24.3 Å². The van der Waals surface area contributed by atoms with Crippen molar-refractivity contribution in [3.63, 3.8) is 0 Å². The SMILES string of the molecule is COC(=O)Cc1cncc(N2Cc3nc(-c4cnc(OC)c(OC)c4)ccc3C2O)c1. The van der Waals surface area contributed by atoms with Gasteiger partial charge >= 0.3 is 5.97 Å². The van der Waals surface area contributed by atoms with Gasteiger partial charge in [-0.25, -0.2) is 4.98 Å². The quantitative estimate of drug-likeness (QED) is 0.599. The van der Waals surface area contributed by atoms with E-state index in [4.69, 9.17) is 19.2 Å². The van der Waals surface area contributed by atoms with Gasteiger partial charge in [0.2, 0.25) is 0 Å². The molecule has 0 amide bonds. The molecule has 0 bridgehead atoms. The third-order valence-corrected chi connectivity index (χ3v) is 5.12. The monoisotopic (exact) mass is 422 g/mol. The molecule has 160 valence electrons. The van der Waals surface area contributed by atoms with Gasteiger partial charge in [0.25, 0.3) is 5.88 Å². The van der Waals surface area contributed by atoms with E-state index in [0.717, 1.165) is 16.8 Å². The Morgan fingerprint density at radius 2 is 2.00 bits per heavy atom. The van der Waals surface area contributed by atoms with Crippen LogP contribution in [0.5, 0.6) is 11.6 Å². The Kier molecular flexibility index (Phi) is 5.68. The number of hydrogen-bond donors (Lipinski definition) is 1. The number of methoxy groups -OCH3 is 3. The van der Waals surface area contributed by atoms with Gasteiger partial charge in [0.1, 0.15) is 0 Å². The van der Waals surface area contributed by atoms with Crippen LogP contribution in [0, 0.1) is 0 Å². The summed E-state index contributed by atoms with van der Waals surface area (Å²) in [5, 5.41) is 10.8. The number of ether oxygens (including phenoxy) is 3. The van der Waals surface area contributed by atoms with Crippen LogP contribution < -0.4 is 14.4 Å². The number of aliphatic hydroxyl groups is 1. The summed E-state index contributed by atoms with van der Waals surface area (Å²) >= 11 is 0. The van der Waals surface area contributed by atoms with Crippen molar-refractivity contribution in [3.05, 3.63) is 59.7 Å². The molecule has 0 saturated carbocycles. The number of hydrogen-bond acceptors (Lipinski definition) is 9. The summed E-state index contributed by atoms with van der Waals surface area (Å²) in [6, 6.07) is 7.31. The second-order valence-corrected chi connectivity index (χ2v) is 6.97. The zero-order valence-electron chi connectivity index (χ0n) is 17.4. The molecule has 0 saturated heterocycles. The van der Waals surface area contributed by atoms with E-state index in [0.29, 0.717) is 35.1 Å². The van der Waals surface area contributed by atoms with Crippen molar-refractivity contribution in [2.75, 3.05) is 26.2 Å². The molecular formula is C22H22N4O5. The Balaban J connectivity index is 1.61. The molecule has 1 aliphatic rings. The number of carbonyl (C=O) groups is 1. The van der Waals surface area contributed by atoms with E-state index in [1.165, 1.54) is 14.2 Å². The number of nitrogens with zero attached hydrogens (tertiary/aromatic N) is 4. The van der Waals surface area contributed by atoms with Gasteiger partial charge in [-0.3, -0.25) is 14.8 Å². The average Bonchev–Trinajstić information content (AvgIpc) is 3.14. The van der Waals surface area contributed by atoms with E-state index < -0.39 is 6.23 Å². The lowest BCUT2D eigenvalue weighted by Gasteiger charge is -2.22. The molecule has 1 N–H and O–H groups in total. The van der Waals surface area contributed by atoms with Crippen LogP contribution >= 0.6 is 0 Å². The number of fused-ring (bicyclic) bond motifs is 1. The number of aromatic nitrogens is 3. The molecule has 3 aromatic rings. The molecule has 4 rings (SSSR count). The van der Waals surface area contributed by atoms with Gasteiger partial charge in [-0.15, -0.1) is 0 Å². The zero-order chi connectivity index (χ0) is 22.0. The van der Waals surface area contributed by atoms with Gasteiger partial charge in [-0.1, -0.05) is 6.07 Å². The minimum atomic E-state index is -0.866. The summed E-state index contributed by atoms with van der Waals surface area (Å²) in [6.45, 7) is 0.397. The predicted octanol–water partition coefficient (Wildman–Crippen LogP) is 2.28. The first kappa shape index (κ1) is 20.5. The van der Waals surface area contributed by atoms with Gasteiger partial charge < -0.3 is 24.2 Å². The largest absolute Gasteiger partial charge is 0.491 e. The number of rotatable bonds is 6. The third-order valence-electron chi connectivity index (χ3n) is 5.12. The molecule has 3 aromatic heterocycles. The minimum absolute atomic E-state index is 0.114. The lowest BCUT2D eigenvalue weighted by atomic mass is 10.1. The van der Waals surface area contributed by atoms with Crippen molar-refractivity contribution in [2.24, 2.45) is 0 Å². The normalized spacial score (nSPS) is 14.8. The Morgan fingerprint density at radius 1 is 1.16 bits per heavy atom. The maximum absolute atomic E-state index is 11.6. The number of pyridine rings is 3. The molecule has 0 aliphatic carbocycles. The van der Waals surface area contributed by atoms with Crippen LogP contribution in [0.25, 0.3) is 11.3 Å². The van der Waals surface area contributed by atoms with Crippen molar-refractivity contribution in [1.29, 1.82) is 0 Å². The predicted molar refractivity (Wildman–Crippen MR) is 112 cm³/mol. The van der Waals surface area contributed by atoms with Gasteiger partial charge in [0, 0.05) is 23.5 Å². The average molecular weight is 422 g/mol. The topological polar surface area (TPSA) is 107 Å². The Bertz CT molecular complexity index is 1120. The fraction of sp³-hybridized carbons (Fsp3) is 0.273. The summed E-state index contributed by atoms with van der Waals surface area (Å²) in [7, 11) is 4.43. The molecule has 0 spiro atoms. The van der Waals surface area contributed by atoms with Crippen molar-refractivity contribution >= 4 is 11.7 Å². The van der Waals surface area contributed by atoms with Crippen LogP contribution in [-0.2, 0) is 22.5 Å². The summed E-state index contributed by atoms with van der Waals surface area (Å²) in [5.41, 5.74) is 4.35. The lowest BCUT2D eigenvalue weighted by Crippen LogP contribution is -2.21. The minimum Gasteiger partial charge on any atom is -0.491 e. The number of anilines is 1. The summed E-state index contributed by atoms with van der Waals surface area (Å²) in [5.74, 6) is 0.560. The van der Waals surface area contributed by atoms with E-state index in [1.54, 1.807) is 30.6 Å². The first-order chi connectivity index (χ1) is 15.0. The molecule has 4 heterocycles. The van der Waals surface area contributed by atoms with Gasteiger partial charge in [0.15, 0.2) is 12.0 Å².